The van der Waals surface area contributed by atoms with Crippen molar-refractivity contribution in [1.29, 1.82) is 0 Å². The SMILES string of the molecule is CO/N=C1/C[C@@H](C(=O)O)N(C(=O)c2ccc(-c3ccccc3C)cc2)C1. The first kappa shape index (κ1) is 17.7. The summed E-state index contributed by atoms with van der Waals surface area (Å²) in [6.07, 6.45) is 0.177. The standard InChI is InChI=1S/C20H20N2O4/c1-13-5-3-4-6-17(13)14-7-9-15(10-8-14)19(23)22-12-16(21-26-2)11-18(22)20(24)25/h3-10,18H,11-12H2,1-2H3,(H,24,25)/b21-16-/t18-/m0/s1. The van der Waals surface area contributed by atoms with Crippen LogP contribution in [0.25, 0.3) is 11.1 Å². The predicted octanol–water partition coefficient (Wildman–Crippen LogP) is 2.96. The Bertz CT molecular complexity index is 858. The second kappa shape index (κ2) is 7.39. The molecule has 1 atom stereocenters. The van der Waals surface area contributed by atoms with Gasteiger partial charge in [0.25, 0.3) is 5.91 Å². The van der Waals surface area contributed by atoms with Gasteiger partial charge in [-0.1, -0.05) is 41.6 Å². The molecule has 2 aromatic carbocycles. The van der Waals surface area contributed by atoms with Gasteiger partial charge in [0, 0.05) is 12.0 Å². The van der Waals surface area contributed by atoms with Crippen LogP contribution in [-0.4, -0.2) is 47.3 Å². The molecule has 134 valence electrons. The number of oxime groups is 1. The van der Waals surface area contributed by atoms with E-state index in [0.717, 1.165) is 16.7 Å². The Hall–Kier alpha value is -3.15. The number of aryl methyl sites for hydroxylation is 1. The molecule has 0 saturated carbocycles. The number of hydrogen-bond acceptors (Lipinski definition) is 4. The third-order valence-electron chi connectivity index (χ3n) is 4.51. The highest BCUT2D eigenvalue weighted by molar-refractivity contribution is 6.04. The Morgan fingerprint density at radius 1 is 1.15 bits per heavy atom. The summed E-state index contributed by atoms with van der Waals surface area (Å²) in [5.74, 6) is -1.37. The number of carbonyl (C=O) groups is 2. The first-order valence-electron chi connectivity index (χ1n) is 8.30. The quantitative estimate of drug-likeness (QED) is 0.858. The van der Waals surface area contributed by atoms with Crippen LogP contribution in [0.15, 0.2) is 53.7 Å². The summed E-state index contributed by atoms with van der Waals surface area (Å²) in [6, 6.07) is 14.3. The van der Waals surface area contributed by atoms with Crippen LogP contribution in [0.4, 0.5) is 0 Å². The van der Waals surface area contributed by atoms with Crippen molar-refractivity contribution in [3.8, 4) is 11.1 Å². The summed E-state index contributed by atoms with van der Waals surface area (Å²) < 4.78 is 0. The van der Waals surface area contributed by atoms with Gasteiger partial charge in [-0.2, -0.15) is 0 Å². The van der Waals surface area contributed by atoms with E-state index in [9.17, 15) is 14.7 Å². The second-order valence-electron chi connectivity index (χ2n) is 6.22. The molecule has 2 aromatic rings. The number of carbonyl (C=O) groups excluding carboxylic acids is 1. The number of hydrogen-bond donors (Lipinski definition) is 1. The van der Waals surface area contributed by atoms with Crippen LogP contribution in [0.3, 0.4) is 0 Å². The Kier molecular flexibility index (Phi) is 5.02. The minimum absolute atomic E-state index is 0.156. The van der Waals surface area contributed by atoms with Crippen molar-refractivity contribution in [2.24, 2.45) is 5.16 Å². The van der Waals surface area contributed by atoms with E-state index < -0.39 is 12.0 Å². The van der Waals surface area contributed by atoms with E-state index in [4.69, 9.17) is 4.84 Å². The van der Waals surface area contributed by atoms with Gasteiger partial charge in [-0.15, -0.1) is 0 Å². The molecule has 1 aliphatic rings. The molecule has 1 saturated heterocycles. The van der Waals surface area contributed by atoms with Crippen LogP contribution < -0.4 is 0 Å². The van der Waals surface area contributed by atoms with E-state index in [-0.39, 0.29) is 18.9 Å². The van der Waals surface area contributed by atoms with Gasteiger partial charge in [0.1, 0.15) is 13.2 Å². The molecule has 0 unspecified atom stereocenters. The predicted molar refractivity (Wildman–Crippen MR) is 98.1 cm³/mol. The Morgan fingerprint density at radius 2 is 1.85 bits per heavy atom. The summed E-state index contributed by atoms with van der Waals surface area (Å²) in [7, 11) is 1.40. The Morgan fingerprint density at radius 3 is 2.46 bits per heavy atom. The van der Waals surface area contributed by atoms with Gasteiger partial charge in [0.2, 0.25) is 0 Å². The van der Waals surface area contributed by atoms with Crippen molar-refractivity contribution < 1.29 is 19.5 Å². The zero-order chi connectivity index (χ0) is 18.7. The maximum absolute atomic E-state index is 12.8. The number of likely N-dealkylation sites (tertiary alicyclic amines) is 1. The number of carboxylic acid groups (broad SMARTS) is 1. The maximum Gasteiger partial charge on any atom is 0.326 e. The first-order chi connectivity index (χ1) is 12.5. The van der Waals surface area contributed by atoms with E-state index in [1.165, 1.54) is 12.0 Å². The number of carboxylic acids is 1. The number of aliphatic carboxylic acids is 1. The highest BCUT2D eigenvalue weighted by Crippen LogP contribution is 2.25. The summed E-state index contributed by atoms with van der Waals surface area (Å²) in [6.45, 7) is 2.19. The maximum atomic E-state index is 12.8. The Balaban J connectivity index is 1.85. The van der Waals surface area contributed by atoms with Crippen LogP contribution in [-0.2, 0) is 9.63 Å². The topological polar surface area (TPSA) is 79.2 Å². The number of nitrogens with zero attached hydrogens (tertiary/aromatic N) is 2. The number of benzene rings is 2. The van der Waals surface area contributed by atoms with Crippen LogP contribution in [0.5, 0.6) is 0 Å². The van der Waals surface area contributed by atoms with E-state index in [2.05, 4.69) is 5.16 Å². The fourth-order valence-electron chi connectivity index (χ4n) is 3.19. The molecular weight excluding hydrogens is 332 g/mol. The molecule has 3 rings (SSSR count). The van der Waals surface area contributed by atoms with Gasteiger partial charge in [-0.3, -0.25) is 4.79 Å². The van der Waals surface area contributed by atoms with Crippen LogP contribution in [0, 0.1) is 6.92 Å². The molecule has 1 fully saturated rings. The highest BCUT2D eigenvalue weighted by atomic mass is 16.6. The molecule has 0 aliphatic carbocycles. The summed E-state index contributed by atoms with van der Waals surface area (Å²) in [5.41, 5.74) is 4.26. The second-order valence-corrected chi connectivity index (χ2v) is 6.22. The van der Waals surface area contributed by atoms with Gasteiger partial charge < -0.3 is 14.8 Å². The lowest BCUT2D eigenvalue weighted by molar-refractivity contribution is -0.141. The minimum atomic E-state index is -1.05. The van der Waals surface area contributed by atoms with Crippen molar-refractivity contribution in [2.45, 2.75) is 19.4 Å². The van der Waals surface area contributed by atoms with Crippen molar-refractivity contribution in [3.05, 3.63) is 59.7 Å². The molecule has 6 nitrogen and oxygen atoms in total. The summed E-state index contributed by atoms with van der Waals surface area (Å²) in [4.78, 5) is 30.3. The normalized spacial score (nSPS) is 18.2. The highest BCUT2D eigenvalue weighted by Gasteiger charge is 2.38. The van der Waals surface area contributed by atoms with E-state index in [1.54, 1.807) is 12.1 Å². The molecule has 1 heterocycles. The fourth-order valence-corrected chi connectivity index (χ4v) is 3.19. The largest absolute Gasteiger partial charge is 0.480 e. The van der Waals surface area contributed by atoms with Crippen LogP contribution in [0.1, 0.15) is 22.3 Å². The van der Waals surface area contributed by atoms with Gasteiger partial charge in [0.15, 0.2) is 0 Å². The Labute approximate surface area is 151 Å². The van der Waals surface area contributed by atoms with Crippen molar-refractivity contribution >= 4 is 17.6 Å². The molecule has 26 heavy (non-hydrogen) atoms. The molecule has 0 spiro atoms. The average Bonchev–Trinajstić information content (AvgIpc) is 3.06. The molecule has 1 amide bonds. The van der Waals surface area contributed by atoms with Gasteiger partial charge in [-0.25, -0.2) is 4.79 Å². The third-order valence-corrected chi connectivity index (χ3v) is 4.51. The first-order valence-corrected chi connectivity index (χ1v) is 8.30. The number of rotatable bonds is 4. The van der Waals surface area contributed by atoms with Crippen molar-refractivity contribution in [1.82, 2.24) is 4.90 Å². The van der Waals surface area contributed by atoms with Crippen LogP contribution in [0.2, 0.25) is 0 Å². The van der Waals surface area contributed by atoms with Crippen molar-refractivity contribution in [3.63, 3.8) is 0 Å². The van der Waals surface area contributed by atoms with Gasteiger partial charge in [-0.05, 0) is 35.7 Å². The lowest BCUT2D eigenvalue weighted by atomic mass is 9.99. The van der Waals surface area contributed by atoms with Crippen molar-refractivity contribution in [2.75, 3.05) is 13.7 Å². The monoisotopic (exact) mass is 352 g/mol. The van der Waals surface area contributed by atoms with Gasteiger partial charge >= 0.3 is 5.97 Å². The molecule has 6 heteroatoms. The molecule has 1 N–H and O–H groups in total. The van der Waals surface area contributed by atoms with E-state index in [0.29, 0.717) is 11.3 Å². The molecule has 1 aliphatic heterocycles. The lowest BCUT2D eigenvalue weighted by Gasteiger charge is -2.20. The number of amides is 1. The molecule has 0 bridgehead atoms. The zero-order valence-corrected chi connectivity index (χ0v) is 14.7. The molecular formula is C20H20N2O4. The molecule has 0 radical (unpaired) electrons. The third kappa shape index (κ3) is 3.44. The smallest absolute Gasteiger partial charge is 0.326 e. The minimum Gasteiger partial charge on any atom is -0.480 e. The fraction of sp³-hybridized carbons (Fsp3) is 0.250. The van der Waals surface area contributed by atoms with Gasteiger partial charge in [0.05, 0.1) is 12.3 Å². The zero-order valence-electron chi connectivity index (χ0n) is 14.7. The summed E-state index contributed by atoms with van der Waals surface area (Å²) in [5, 5.41) is 13.2. The lowest BCUT2D eigenvalue weighted by Crippen LogP contribution is -2.40. The molecule has 0 aromatic heterocycles. The van der Waals surface area contributed by atoms with E-state index in [1.807, 2.05) is 43.3 Å². The van der Waals surface area contributed by atoms with Crippen LogP contribution >= 0.6 is 0 Å². The summed E-state index contributed by atoms with van der Waals surface area (Å²) >= 11 is 0. The average molecular weight is 352 g/mol. The van der Waals surface area contributed by atoms with E-state index >= 15 is 0 Å².